The Morgan fingerprint density at radius 1 is 1.08 bits per heavy atom. The minimum atomic E-state index is -3.60. The zero-order valence-electron chi connectivity index (χ0n) is 14.3. The topological polar surface area (TPSA) is 85.1 Å². The molecular weight excluding hydrogens is 350 g/mol. The molecule has 6 nitrogen and oxygen atoms in total. The summed E-state index contributed by atoms with van der Waals surface area (Å²) < 4.78 is 31.6. The van der Waals surface area contributed by atoms with Crippen LogP contribution in [-0.4, -0.2) is 18.6 Å². The second kappa shape index (κ2) is 8.07. The third-order valence-corrected chi connectivity index (χ3v) is 4.70. The van der Waals surface area contributed by atoms with Crippen molar-refractivity contribution in [3.05, 3.63) is 88.4 Å². The van der Waals surface area contributed by atoms with E-state index in [9.17, 15) is 8.42 Å². The Balaban J connectivity index is 1.57. The molecule has 26 heavy (non-hydrogen) atoms. The van der Waals surface area contributed by atoms with Crippen molar-refractivity contribution in [3.63, 3.8) is 0 Å². The summed E-state index contributed by atoms with van der Waals surface area (Å²) in [5.41, 5.74) is 2.98. The van der Waals surface area contributed by atoms with Gasteiger partial charge in [0, 0.05) is 11.8 Å². The molecule has 0 aliphatic heterocycles. The van der Waals surface area contributed by atoms with E-state index in [0.29, 0.717) is 12.2 Å². The van der Waals surface area contributed by atoms with Crippen molar-refractivity contribution >= 4 is 16.1 Å². The molecule has 134 valence electrons. The number of hydrogen-bond donors (Lipinski definition) is 1. The molecule has 0 saturated carbocycles. The van der Waals surface area contributed by atoms with E-state index < -0.39 is 10.0 Å². The molecule has 2 aromatic carbocycles. The number of sulfonamides is 1. The van der Waals surface area contributed by atoms with Gasteiger partial charge in [0.15, 0.2) is 5.82 Å². The number of hydrogen-bond acceptors (Lipinski definition) is 5. The zero-order chi connectivity index (χ0) is 18.4. The molecule has 0 unspecified atom stereocenters. The summed E-state index contributed by atoms with van der Waals surface area (Å²) in [4.78, 5) is 4.21. The normalized spacial score (nSPS) is 11.9. The maximum Gasteiger partial charge on any atom is 0.241 e. The second-order valence-corrected chi connectivity index (χ2v) is 7.50. The predicted molar refractivity (Wildman–Crippen MR) is 99.5 cm³/mol. The minimum Gasteiger partial charge on any atom is -0.338 e. The molecule has 3 rings (SSSR count). The summed E-state index contributed by atoms with van der Waals surface area (Å²) in [5, 5.41) is 5.00. The van der Waals surface area contributed by atoms with Crippen LogP contribution in [0.1, 0.15) is 28.4 Å². The highest BCUT2D eigenvalue weighted by Crippen LogP contribution is 2.08. The highest BCUT2D eigenvalue weighted by Gasteiger charge is 2.11. The lowest BCUT2D eigenvalue weighted by molar-refractivity contribution is 0.371. The summed E-state index contributed by atoms with van der Waals surface area (Å²) in [5.74, 6) is 0.740. The van der Waals surface area contributed by atoms with Crippen LogP contribution >= 0.6 is 0 Å². The van der Waals surface area contributed by atoms with E-state index in [1.54, 1.807) is 0 Å². The maximum absolute atomic E-state index is 12.1. The molecule has 0 aliphatic rings. The Kier molecular flexibility index (Phi) is 5.60. The summed E-state index contributed by atoms with van der Waals surface area (Å²) in [6.45, 7) is 1.92. The van der Waals surface area contributed by atoms with Crippen LogP contribution in [0.5, 0.6) is 0 Å². The number of nitrogens with zero attached hydrogens (tertiary/aromatic N) is 2. The predicted octanol–water partition coefficient (Wildman–Crippen LogP) is 3.06. The van der Waals surface area contributed by atoms with Gasteiger partial charge in [0.1, 0.15) is 0 Å². The molecule has 0 saturated heterocycles. The SMILES string of the molecule is Cc1ccc(/C=C\S(=O)(=O)NCc2nc(Cc3ccccc3)no2)cc1. The van der Waals surface area contributed by atoms with Gasteiger partial charge in [-0.2, -0.15) is 4.98 Å². The van der Waals surface area contributed by atoms with Gasteiger partial charge < -0.3 is 4.52 Å². The quantitative estimate of drug-likeness (QED) is 0.692. The average Bonchev–Trinajstić information content (AvgIpc) is 3.08. The Morgan fingerprint density at radius 2 is 1.81 bits per heavy atom. The van der Waals surface area contributed by atoms with E-state index in [-0.39, 0.29) is 12.4 Å². The van der Waals surface area contributed by atoms with Crippen LogP contribution in [0, 0.1) is 6.92 Å². The fourth-order valence-electron chi connectivity index (χ4n) is 2.27. The Hall–Kier alpha value is -2.77. The van der Waals surface area contributed by atoms with Gasteiger partial charge in [0.05, 0.1) is 6.54 Å². The number of rotatable bonds is 7. The van der Waals surface area contributed by atoms with Crippen LogP contribution in [-0.2, 0) is 23.0 Å². The summed E-state index contributed by atoms with van der Waals surface area (Å²) in [6, 6.07) is 17.3. The minimum absolute atomic E-state index is 0.0532. The van der Waals surface area contributed by atoms with Crippen molar-refractivity contribution in [1.82, 2.24) is 14.9 Å². The fourth-order valence-corrected chi connectivity index (χ4v) is 3.03. The summed E-state index contributed by atoms with van der Waals surface area (Å²) in [6.07, 6.45) is 2.07. The number of aryl methyl sites for hydroxylation is 1. The van der Waals surface area contributed by atoms with Crippen molar-refractivity contribution in [3.8, 4) is 0 Å². The van der Waals surface area contributed by atoms with Crippen LogP contribution < -0.4 is 4.72 Å². The Labute approximate surface area is 152 Å². The van der Waals surface area contributed by atoms with Crippen LogP contribution in [0.15, 0.2) is 64.5 Å². The van der Waals surface area contributed by atoms with Gasteiger partial charge in [-0.3, -0.25) is 0 Å². The molecule has 1 aromatic heterocycles. The van der Waals surface area contributed by atoms with Crippen LogP contribution in [0.25, 0.3) is 6.08 Å². The first-order chi connectivity index (χ1) is 12.5. The van der Waals surface area contributed by atoms with Gasteiger partial charge in [-0.05, 0) is 24.1 Å². The highest BCUT2D eigenvalue weighted by atomic mass is 32.2. The van der Waals surface area contributed by atoms with Gasteiger partial charge >= 0.3 is 0 Å². The second-order valence-electron chi connectivity index (χ2n) is 5.85. The monoisotopic (exact) mass is 369 g/mol. The third kappa shape index (κ3) is 5.37. The van der Waals surface area contributed by atoms with Crippen molar-refractivity contribution in [2.45, 2.75) is 19.9 Å². The standard InChI is InChI=1S/C19H19N3O3S/c1-15-7-9-16(10-8-15)11-12-26(23,24)20-14-19-21-18(22-25-19)13-17-5-3-2-4-6-17/h2-12,20H,13-14H2,1H3/b12-11-. The van der Waals surface area contributed by atoms with Crippen LogP contribution in [0.4, 0.5) is 0 Å². The van der Waals surface area contributed by atoms with E-state index >= 15 is 0 Å². The molecule has 1 heterocycles. The number of benzene rings is 2. The molecule has 3 aromatic rings. The molecule has 0 radical (unpaired) electrons. The van der Waals surface area contributed by atoms with Gasteiger partial charge in [-0.15, -0.1) is 0 Å². The first-order valence-electron chi connectivity index (χ1n) is 8.10. The van der Waals surface area contributed by atoms with Gasteiger partial charge in [0.25, 0.3) is 0 Å². The highest BCUT2D eigenvalue weighted by molar-refractivity contribution is 7.92. The lowest BCUT2D eigenvalue weighted by atomic mass is 10.1. The molecule has 0 amide bonds. The fraction of sp³-hybridized carbons (Fsp3) is 0.158. The van der Waals surface area contributed by atoms with E-state index in [1.165, 1.54) is 6.08 Å². The van der Waals surface area contributed by atoms with Crippen molar-refractivity contribution in [1.29, 1.82) is 0 Å². The molecule has 7 heteroatoms. The van der Waals surface area contributed by atoms with E-state index in [1.807, 2.05) is 61.5 Å². The molecule has 0 atom stereocenters. The molecule has 0 spiro atoms. The van der Waals surface area contributed by atoms with Crippen LogP contribution in [0.2, 0.25) is 0 Å². The number of nitrogens with one attached hydrogen (secondary N) is 1. The van der Waals surface area contributed by atoms with Crippen molar-refractivity contribution < 1.29 is 12.9 Å². The van der Waals surface area contributed by atoms with Crippen LogP contribution in [0.3, 0.4) is 0 Å². The first kappa shape index (κ1) is 18.0. The molecular formula is C19H19N3O3S. The van der Waals surface area contributed by atoms with Gasteiger partial charge in [-0.25, -0.2) is 13.1 Å². The number of aromatic nitrogens is 2. The Morgan fingerprint density at radius 3 is 2.54 bits per heavy atom. The molecule has 1 N–H and O–H groups in total. The third-order valence-electron chi connectivity index (χ3n) is 3.66. The first-order valence-corrected chi connectivity index (χ1v) is 9.65. The van der Waals surface area contributed by atoms with E-state index in [4.69, 9.17) is 4.52 Å². The lowest BCUT2D eigenvalue weighted by Gasteiger charge is -1.99. The summed E-state index contributed by atoms with van der Waals surface area (Å²) in [7, 11) is -3.60. The van der Waals surface area contributed by atoms with E-state index in [2.05, 4.69) is 14.9 Å². The summed E-state index contributed by atoms with van der Waals surface area (Å²) >= 11 is 0. The van der Waals surface area contributed by atoms with Gasteiger partial charge in [-0.1, -0.05) is 65.3 Å². The smallest absolute Gasteiger partial charge is 0.241 e. The zero-order valence-corrected chi connectivity index (χ0v) is 15.1. The maximum atomic E-state index is 12.1. The largest absolute Gasteiger partial charge is 0.338 e. The van der Waals surface area contributed by atoms with Crippen molar-refractivity contribution in [2.75, 3.05) is 0 Å². The molecule has 0 aliphatic carbocycles. The molecule has 0 bridgehead atoms. The average molecular weight is 369 g/mol. The Bertz CT molecular complexity index is 978. The van der Waals surface area contributed by atoms with E-state index in [0.717, 1.165) is 22.1 Å². The lowest BCUT2D eigenvalue weighted by Crippen LogP contribution is -2.20. The van der Waals surface area contributed by atoms with Gasteiger partial charge in [0.2, 0.25) is 15.9 Å². The molecule has 0 fully saturated rings. The van der Waals surface area contributed by atoms with Crippen molar-refractivity contribution in [2.24, 2.45) is 0 Å².